The molecular weight excluding hydrogens is 402 g/mol. The molecule has 6 nitrogen and oxygen atoms in total. The minimum absolute atomic E-state index is 0.0200. The number of hydrogen-bond donors (Lipinski definition) is 2. The summed E-state index contributed by atoms with van der Waals surface area (Å²) in [5.74, 6) is -2.16. The molecule has 31 heavy (non-hydrogen) atoms. The van der Waals surface area contributed by atoms with Crippen LogP contribution in [0.2, 0.25) is 0 Å². The zero-order chi connectivity index (χ0) is 22.0. The smallest absolute Gasteiger partial charge is 0.227 e. The van der Waals surface area contributed by atoms with Gasteiger partial charge in [0.2, 0.25) is 11.8 Å². The fourth-order valence-corrected chi connectivity index (χ4v) is 3.76. The van der Waals surface area contributed by atoms with E-state index in [0.29, 0.717) is 12.2 Å². The highest BCUT2D eigenvalue weighted by molar-refractivity contribution is 6.00. The van der Waals surface area contributed by atoms with Crippen LogP contribution in [0, 0.1) is 17.6 Å². The molecule has 1 aromatic heterocycles. The van der Waals surface area contributed by atoms with Gasteiger partial charge in [0.1, 0.15) is 17.5 Å². The number of anilines is 1. The number of H-pyrrole nitrogens is 1. The van der Waals surface area contributed by atoms with E-state index in [1.54, 1.807) is 6.20 Å². The standard InChI is InChI=1S/C23H22F2N4O2/c1-2-19(22-26-12-20(27-22)14-6-4-3-5-7-14)28-23(31)15-8-21(30)29(13-15)18-10-16(24)9-17(25)11-18/h3-7,9-12,15,19H,2,8,13H2,1H3,(H,26,27)(H,28,31). The van der Waals surface area contributed by atoms with Gasteiger partial charge in [-0.2, -0.15) is 0 Å². The number of carbonyl (C=O) groups is 2. The molecule has 2 unspecified atom stereocenters. The van der Waals surface area contributed by atoms with E-state index in [1.165, 1.54) is 4.90 Å². The number of rotatable bonds is 6. The molecule has 4 rings (SSSR count). The summed E-state index contributed by atoms with van der Waals surface area (Å²) in [5.41, 5.74) is 1.95. The minimum Gasteiger partial charge on any atom is -0.346 e. The highest BCUT2D eigenvalue weighted by Crippen LogP contribution is 2.28. The van der Waals surface area contributed by atoms with Crippen LogP contribution in [0.5, 0.6) is 0 Å². The van der Waals surface area contributed by atoms with Crippen LogP contribution in [0.25, 0.3) is 11.3 Å². The van der Waals surface area contributed by atoms with Gasteiger partial charge in [-0.15, -0.1) is 0 Å². The summed E-state index contributed by atoms with van der Waals surface area (Å²) >= 11 is 0. The fraction of sp³-hybridized carbons (Fsp3) is 0.261. The van der Waals surface area contributed by atoms with Crippen molar-refractivity contribution in [1.29, 1.82) is 0 Å². The van der Waals surface area contributed by atoms with Crippen LogP contribution in [0.3, 0.4) is 0 Å². The molecular formula is C23H22F2N4O2. The monoisotopic (exact) mass is 424 g/mol. The lowest BCUT2D eigenvalue weighted by Gasteiger charge is -2.19. The van der Waals surface area contributed by atoms with Gasteiger partial charge in [-0.25, -0.2) is 13.8 Å². The van der Waals surface area contributed by atoms with Crippen molar-refractivity contribution in [3.8, 4) is 11.3 Å². The molecule has 0 spiro atoms. The number of amides is 2. The van der Waals surface area contributed by atoms with E-state index in [4.69, 9.17) is 0 Å². The highest BCUT2D eigenvalue weighted by atomic mass is 19.1. The van der Waals surface area contributed by atoms with Crippen LogP contribution in [-0.2, 0) is 9.59 Å². The van der Waals surface area contributed by atoms with Crippen LogP contribution in [-0.4, -0.2) is 28.3 Å². The number of nitrogens with zero attached hydrogens (tertiary/aromatic N) is 2. The normalized spacial score (nSPS) is 17.1. The Kier molecular flexibility index (Phi) is 5.79. The second-order valence-electron chi connectivity index (χ2n) is 7.55. The predicted molar refractivity (Wildman–Crippen MR) is 112 cm³/mol. The first-order chi connectivity index (χ1) is 14.9. The molecule has 3 aromatic rings. The number of carbonyl (C=O) groups excluding carboxylic acids is 2. The Bertz CT molecular complexity index is 1080. The molecule has 1 aliphatic rings. The van der Waals surface area contributed by atoms with E-state index in [-0.39, 0.29) is 36.5 Å². The topological polar surface area (TPSA) is 78.1 Å². The van der Waals surface area contributed by atoms with Crippen LogP contribution < -0.4 is 10.2 Å². The lowest BCUT2D eigenvalue weighted by molar-refractivity contribution is -0.127. The van der Waals surface area contributed by atoms with Gasteiger partial charge in [0.05, 0.1) is 23.9 Å². The first kappa shape index (κ1) is 20.7. The van der Waals surface area contributed by atoms with Gasteiger partial charge >= 0.3 is 0 Å². The van der Waals surface area contributed by atoms with E-state index in [9.17, 15) is 18.4 Å². The SMILES string of the molecule is CCC(NC(=O)C1CC(=O)N(c2cc(F)cc(F)c2)C1)c1ncc(-c2ccccc2)[nH]1. The molecule has 0 saturated carbocycles. The molecule has 1 fully saturated rings. The molecule has 2 amide bonds. The average molecular weight is 424 g/mol. The van der Waals surface area contributed by atoms with E-state index >= 15 is 0 Å². The Morgan fingerprint density at radius 2 is 1.94 bits per heavy atom. The zero-order valence-electron chi connectivity index (χ0n) is 16.9. The molecule has 0 radical (unpaired) electrons. The van der Waals surface area contributed by atoms with Crippen LogP contribution in [0.4, 0.5) is 14.5 Å². The molecule has 8 heteroatoms. The van der Waals surface area contributed by atoms with Crippen molar-refractivity contribution >= 4 is 17.5 Å². The quantitative estimate of drug-likeness (QED) is 0.629. The summed E-state index contributed by atoms with van der Waals surface area (Å²) in [6.45, 7) is 1.99. The third-order valence-electron chi connectivity index (χ3n) is 5.39. The van der Waals surface area contributed by atoms with Gasteiger partial charge in [-0.1, -0.05) is 37.3 Å². The summed E-state index contributed by atoms with van der Waals surface area (Å²) in [6.07, 6.45) is 2.31. The maximum absolute atomic E-state index is 13.5. The van der Waals surface area contributed by atoms with Gasteiger partial charge < -0.3 is 15.2 Å². The Balaban J connectivity index is 1.45. The number of halogens is 2. The third-order valence-corrected chi connectivity index (χ3v) is 5.39. The van der Waals surface area contributed by atoms with Gasteiger partial charge in [-0.05, 0) is 24.1 Å². The molecule has 160 valence electrons. The Hall–Kier alpha value is -3.55. The maximum atomic E-state index is 13.5. The van der Waals surface area contributed by atoms with Crippen molar-refractivity contribution in [3.63, 3.8) is 0 Å². The van der Waals surface area contributed by atoms with Crippen molar-refractivity contribution in [2.75, 3.05) is 11.4 Å². The number of nitrogens with one attached hydrogen (secondary N) is 2. The van der Waals surface area contributed by atoms with Gasteiger partial charge in [-0.3, -0.25) is 9.59 Å². The summed E-state index contributed by atoms with van der Waals surface area (Å²) in [7, 11) is 0. The minimum atomic E-state index is -0.770. The van der Waals surface area contributed by atoms with Gasteiger partial charge in [0, 0.05) is 24.7 Å². The van der Waals surface area contributed by atoms with Crippen molar-refractivity contribution in [3.05, 3.63) is 72.2 Å². The molecule has 1 aliphatic heterocycles. The Morgan fingerprint density at radius 3 is 2.61 bits per heavy atom. The summed E-state index contributed by atoms with van der Waals surface area (Å²) in [6, 6.07) is 12.3. The lowest BCUT2D eigenvalue weighted by atomic mass is 10.1. The van der Waals surface area contributed by atoms with E-state index < -0.39 is 17.6 Å². The molecule has 2 heterocycles. The first-order valence-electron chi connectivity index (χ1n) is 10.1. The Morgan fingerprint density at radius 1 is 1.23 bits per heavy atom. The van der Waals surface area contributed by atoms with Crippen LogP contribution in [0.15, 0.2) is 54.7 Å². The molecule has 2 aromatic carbocycles. The van der Waals surface area contributed by atoms with Gasteiger partial charge in [0.25, 0.3) is 0 Å². The maximum Gasteiger partial charge on any atom is 0.227 e. The lowest BCUT2D eigenvalue weighted by Crippen LogP contribution is -2.35. The first-order valence-corrected chi connectivity index (χ1v) is 10.1. The zero-order valence-corrected chi connectivity index (χ0v) is 16.9. The number of aromatic amines is 1. The number of imidazole rings is 1. The molecule has 0 bridgehead atoms. The van der Waals surface area contributed by atoms with Crippen LogP contribution >= 0.6 is 0 Å². The van der Waals surface area contributed by atoms with Crippen molar-refractivity contribution in [1.82, 2.24) is 15.3 Å². The van der Waals surface area contributed by atoms with Crippen molar-refractivity contribution in [2.45, 2.75) is 25.8 Å². The molecule has 2 atom stereocenters. The molecule has 2 N–H and O–H groups in total. The van der Waals surface area contributed by atoms with E-state index in [2.05, 4.69) is 15.3 Å². The summed E-state index contributed by atoms with van der Waals surface area (Å²) in [4.78, 5) is 34.1. The van der Waals surface area contributed by atoms with Crippen molar-refractivity contribution < 1.29 is 18.4 Å². The second-order valence-corrected chi connectivity index (χ2v) is 7.55. The molecule has 0 aliphatic carbocycles. The van der Waals surface area contributed by atoms with E-state index in [0.717, 1.165) is 29.5 Å². The Labute approximate surface area is 178 Å². The summed E-state index contributed by atoms with van der Waals surface area (Å²) in [5, 5.41) is 2.95. The fourth-order valence-electron chi connectivity index (χ4n) is 3.76. The summed E-state index contributed by atoms with van der Waals surface area (Å²) < 4.78 is 27.1. The molecule has 1 saturated heterocycles. The highest BCUT2D eigenvalue weighted by Gasteiger charge is 2.36. The number of benzene rings is 2. The average Bonchev–Trinajstić information content (AvgIpc) is 3.39. The largest absolute Gasteiger partial charge is 0.346 e. The van der Waals surface area contributed by atoms with Gasteiger partial charge in [0.15, 0.2) is 0 Å². The van der Waals surface area contributed by atoms with Crippen LogP contribution in [0.1, 0.15) is 31.6 Å². The van der Waals surface area contributed by atoms with Crippen molar-refractivity contribution in [2.24, 2.45) is 5.92 Å². The second kappa shape index (κ2) is 8.67. The predicted octanol–water partition coefficient (Wildman–Crippen LogP) is 3.98. The number of aromatic nitrogens is 2. The van der Waals surface area contributed by atoms with E-state index in [1.807, 2.05) is 37.3 Å². The third kappa shape index (κ3) is 4.47. The number of hydrogen-bond acceptors (Lipinski definition) is 3.